The Hall–Kier alpha value is 0.180. The number of nitrogens with one attached hydrogen (secondary N) is 1. The molecule has 0 radical (unpaired) electrons. The lowest BCUT2D eigenvalue weighted by Crippen LogP contribution is -2.43. The van der Waals surface area contributed by atoms with Crippen LogP contribution in [0.5, 0.6) is 0 Å². The van der Waals surface area contributed by atoms with Gasteiger partial charge in [-0.3, -0.25) is 0 Å². The Balaban J connectivity index is 1.85. The van der Waals surface area contributed by atoms with Crippen molar-refractivity contribution in [1.29, 1.82) is 0 Å². The van der Waals surface area contributed by atoms with E-state index in [0.717, 1.165) is 19.4 Å². The van der Waals surface area contributed by atoms with Crippen molar-refractivity contribution in [3.63, 3.8) is 0 Å². The molecule has 1 saturated carbocycles. The molecule has 0 aromatic rings. The molecular weight excluding hydrogens is 201 g/mol. The van der Waals surface area contributed by atoms with Crippen LogP contribution in [0.15, 0.2) is 0 Å². The first-order valence-corrected chi connectivity index (χ1v) is 6.22. The van der Waals surface area contributed by atoms with Crippen molar-refractivity contribution < 1.29 is 4.39 Å². The van der Waals surface area contributed by atoms with Crippen LogP contribution in [0.3, 0.4) is 0 Å². The molecule has 2 rings (SSSR count). The highest BCUT2D eigenvalue weighted by Crippen LogP contribution is 2.34. The number of halogens is 2. The highest BCUT2D eigenvalue weighted by Gasteiger charge is 2.33. The van der Waals surface area contributed by atoms with Crippen LogP contribution in [-0.2, 0) is 0 Å². The molecule has 4 unspecified atom stereocenters. The summed E-state index contributed by atoms with van der Waals surface area (Å²) in [5.41, 5.74) is 0. The maximum absolute atomic E-state index is 13.2. The summed E-state index contributed by atoms with van der Waals surface area (Å²) >= 11 is 5.98. The molecule has 1 aliphatic heterocycles. The van der Waals surface area contributed by atoms with Gasteiger partial charge in [-0.15, -0.1) is 11.6 Å². The van der Waals surface area contributed by atoms with E-state index < -0.39 is 6.17 Å². The van der Waals surface area contributed by atoms with Crippen molar-refractivity contribution in [3.05, 3.63) is 0 Å². The summed E-state index contributed by atoms with van der Waals surface area (Å²) in [5.74, 6) is 0.616. The summed E-state index contributed by atoms with van der Waals surface area (Å²) in [5, 5.41) is 3.30. The van der Waals surface area contributed by atoms with Gasteiger partial charge in [0.15, 0.2) is 0 Å². The van der Waals surface area contributed by atoms with E-state index in [2.05, 4.69) is 5.32 Å². The van der Waals surface area contributed by atoms with Crippen LogP contribution in [0.25, 0.3) is 0 Å². The number of alkyl halides is 2. The third-order valence-electron chi connectivity index (χ3n) is 3.65. The van der Waals surface area contributed by atoms with Gasteiger partial charge >= 0.3 is 0 Å². The molecule has 14 heavy (non-hydrogen) atoms. The second-order valence-corrected chi connectivity index (χ2v) is 5.22. The zero-order valence-corrected chi connectivity index (χ0v) is 9.27. The first-order chi connectivity index (χ1) is 6.77. The monoisotopic (exact) mass is 219 g/mol. The molecule has 3 heteroatoms. The van der Waals surface area contributed by atoms with Gasteiger partial charge < -0.3 is 5.32 Å². The van der Waals surface area contributed by atoms with E-state index in [-0.39, 0.29) is 5.38 Å². The molecule has 1 aliphatic carbocycles. The largest absolute Gasteiger partial charge is 0.314 e. The Morgan fingerprint density at radius 2 is 2.00 bits per heavy atom. The van der Waals surface area contributed by atoms with Crippen LogP contribution < -0.4 is 5.32 Å². The maximum atomic E-state index is 13.2. The molecule has 2 aliphatic rings. The first-order valence-electron chi connectivity index (χ1n) is 5.79. The molecule has 1 heterocycles. The summed E-state index contributed by atoms with van der Waals surface area (Å²) in [6.45, 7) is 1.13. The summed E-state index contributed by atoms with van der Waals surface area (Å²) in [6, 6.07) is 0.609. The molecule has 0 aromatic heterocycles. The Kier molecular flexibility index (Phi) is 3.67. The fourth-order valence-electron chi connectivity index (χ4n) is 2.76. The van der Waals surface area contributed by atoms with Gasteiger partial charge in [-0.1, -0.05) is 6.42 Å². The van der Waals surface area contributed by atoms with E-state index in [4.69, 9.17) is 11.6 Å². The van der Waals surface area contributed by atoms with Crippen molar-refractivity contribution in [2.24, 2.45) is 5.92 Å². The predicted octanol–water partition coefficient (Wildman–Crippen LogP) is 2.87. The van der Waals surface area contributed by atoms with Crippen molar-refractivity contribution in [1.82, 2.24) is 5.32 Å². The molecule has 0 spiro atoms. The van der Waals surface area contributed by atoms with E-state index in [9.17, 15) is 4.39 Å². The van der Waals surface area contributed by atoms with E-state index in [1.165, 1.54) is 19.3 Å². The van der Waals surface area contributed by atoms with Crippen LogP contribution in [0.4, 0.5) is 4.39 Å². The first kappa shape index (κ1) is 10.7. The van der Waals surface area contributed by atoms with E-state index in [1.807, 2.05) is 0 Å². The Labute approximate surface area is 90.4 Å². The molecular formula is C11H19ClFN. The zero-order chi connectivity index (χ0) is 9.97. The lowest BCUT2D eigenvalue weighted by atomic mass is 9.80. The molecule has 1 nitrogen and oxygen atoms in total. The van der Waals surface area contributed by atoms with Crippen LogP contribution >= 0.6 is 11.6 Å². The lowest BCUT2D eigenvalue weighted by Gasteiger charge is -2.36. The Morgan fingerprint density at radius 1 is 1.14 bits per heavy atom. The second-order valence-electron chi connectivity index (χ2n) is 4.66. The lowest BCUT2D eigenvalue weighted by molar-refractivity contribution is 0.169. The number of rotatable bonds is 1. The van der Waals surface area contributed by atoms with Gasteiger partial charge in [0, 0.05) is 6.04 Å². The summed E-state index contributed by atoms with van der Waals surface area (Å²) in [6.07, 6.45) is 5.64. The molecule has 2 fully saturated rings. The molecule has 4 atom stereocenters. The Morgan fingerprint density at radius 3 is 2.64 bits per heavy atom. The SMILES string of the molecule is FC1CCC(C2CCCCN2)CC1Cl. The molecule has 0 bridgehead atoms. The van der Waals surface area contributed by atoms with Gasteiger partial charge in [-0.25, -0.2) is 4.39 Å². The minimum absolute atomic E-state index is 0.238. The summed E-state index contributed by atoms with van der Waals surface area (Å²) in [4.78, 5) is 0. The van der Waals surface area contributed by atoms with Crippen molar-refractivity contribution in [2.75, 3.05) is 6.54 Å². The minimum atomic E-state index is -0.767. The average Bonchev–Trinajstić information content (AvgIpc) is 2.23. The van der Waals surface area contributed by atoms with Crippen LogP contribution in [0, 0.1) is 5.92 Å². The molecule has 0 aromatic carbocycles. The van der Waals surface area contributed by atoms with Crippen molar-refractivity contribution in [2.45, 2.75) is 56.1 Å². The number of piperidine rings is 1. The summed E-state index contributed by atoms with van der Waals surface area (Å²) < 4.78 is 13.2. The van der Waals surface area contributed by atoms with Crippen LogP contribution in [0.1, 0.15) is 38.5 Å². The molecule has 1 saturated heterocycles. The van der Waals surface area contributed by atoms with E-state index >= 15 is 0 Å². The fourth-order valence-corrected chi connectivity index (χ4v) is 3.11. The predicted molar refractivity (Wildman–Crippen MR) is 57.5 cm³/mol. The minimum Gasteiger partial charge on any atom is -0.314 e. The number of hydrogen-bond donors (Lipinski definition) is 1. The number of hydrogen-bond acceptors (Lipinski definition) is 1. The van der Waals surface area contributed by atoms with Crippen molar-refractivity contribution in [3.8, 4) is 0 Å². The van der Waals surface area contributed by atoms with E-state index in [1.54, 1.807) is 0 Å². The molecule has 82 valence electrons. The van der Waals surface area contributed by atoms with Crippen LogP contribution in [-0.4, -0.2) is 24.1 Å². The molecule has 0 amide bonds. The van der Waals surface area contributed by atoms with Gasteiger partial charge in [0.2, 0.25) is 0 Å². The average molecular weight is 220 g/mol. The zero-order valence-electron chi connectivity index (χ0n) is 8.52. The fraction of sp³-hybridized carbons (Fsp3) is 1.00. The normalized spacial score (nSPS) is 45.0. The standard InChI is InChI=1S/C11H19ClFN/c12-9-7-8(4-5-10(9)13)11-3-1-2-6-14-11/h8-11,14H,1-7H2. The van der Waals surface area contributed by atoms with Gasteiger partial charge in [0.1, 0.15) is 6.17 Å². The third kappa shape index (κ3) is 2.40. The van der Waals surface area contributed by atoms with Gasteiger partial charge in [0.05, 0.1) is 5.38 Å². The summed E-state index contributed by atoms with van der Waals surface area (Å²) in [7, 11) is 0. The van der Waals surface area contributed by atoms with Gasteiger partial charge in [-0.05, 0) is 44.6 Å². The quantitative estimate of drug-likeness (QED) is 0.669. The Bertz CT molecular complexity index is 182. The van der Waals surface area contributed by atoms with Gasteiger partial charge in [0.25, 0.3) is 0 Å². The topological polar surface area (TPSA) is 12.0 Å². The van der Waals surface area contributed by atoms with E-state index in [0.29, 0.717) is 18.4 Å². The smallest absolute Gasteiger partial charge is 0.116 e. The van der Waals surface area contributed by atoms with Gasteiger partial charge in [-0.2, -0.15) is 0 Å². The highest BCUT2D eigenvalue weighted by atomic mass is 35.5. The maximum Gasteiger partial charge on any atom is 0.116 e. The van der Waals surface area contributed by atoms with Crippen LogP contribution in [0.2, 0.25) is 0 Å². The molecule has 1 N–H and O–H groups in total. The van der Waals surface area contributed by atoms with Crippen molar-refractivity contribution >= 4 is 11.6 Å². The highest BCUT2D eigenvalue weighted by molar-refractivity contribution is 6.21. The third-order valence-corrected chi connectivity index (χ3v) is 4.10. The second kappa shape index (κ2) is 4.80.